The summed E-state index contributed by atoms with van der Waals surface area (Å²) >= 11 is 0. The first-order chi connectivity index (χ1) is 18.8. The number of benzene rings is 2. The maximum Gasteiger partial charge on any atom is 0.264 e. The van der Waals surface area contributed by atoms with Crippen molar-refractivity contribution in [2.45, 2.75) is 58.1 Å². The van der Waals surface area contributed by atoms with Crippen LogP contribution in [0.1, 0.15) is 48.7 Å². The molecular weight excluding hydrogens is 526 g/mol. The molecule has 0 saturated carbocycles. The fourth-order valence-corrected chi connectivity index (χ4v) is 6.69. The summed E-state index contributed by atoms with van der Waals surface area (Å²) in [6.07, 6.45) is 0.386. The zero-order valence-corrected chi connectivity index (χ0v) is 24.7. The van der Waals surface area contributed by atoms with Gasteiger partial charge >= 0.3 is 0 Å². The van der Waals surface area contributed by atoms with Gasteiger partial charge in [-0.15, -0.1) is 0 Å². The molecule has 6 bridgehead atoms. The standard InChI is InChI=1S/C30H37N5O4S/c1-19-9-7-10-20(2)27(19)25-14-26-32-29(31-25)33-40(37,38)24-12-8-11-21(13-24)28(36)35-18-23(39-26)17-34(6)16-22(35)15-30(3,4)5/h7-14,22-23H,15-18H2,1-6H3,(H,31,32,33)/t22-,23+/m0/s1. The van der Waals surface area contributed by atoms with E-state index < -0.39 is 16.1 Å². The van der Waals surface area contributed by atoms with Crippen molar-refractivity contribution < 1.29 is 17.9 Å². The number of fused-ring (bicyclic) bond motifs is 6. The summed E-state index contributed by atoms with van der Waals surface area (Å²) in [5.74, 6) is -0.0598. The molecule has 1 amide bonds. The van der Waals surface area contributed by atoms with E-state index in [0.29, 0.717) is 30.9 Å². The van der Waals surface area contributed by atoms with Crippen LogP contribution in [0, 0.1) is 19.3 Å². The number of rotatable bonds is 2. The number of hydrogen-bond donors (Lipinski definition) is 1. The van der Waals surface area contributed by atoms with Crippen LogP contribution in [-0.2, 0) is 10.0 Å². The molecule has 212 valence electrons. The molecular formula is C30H37N5O4S. The number of carbonyl (C=O) groups excluding carboxylic acids is 1. The molecule has 3 aromatic rings. The van der Waals surface area contributed by atoms with Crippen LogP contribution in [0.4, 0.5) is 5.95 Å². The lowest BCUT2D eigenvalue weighted by Crippen LogP contribution is -2.47. The Bertz CT molecular complexity index is 1530. The van der Waals surface area contributed by atoms with E-state index in [2.05, 4.69) is 40.4 Å². The Morgan fingerprint density at radius 1 is 1.00 bits per heavy atom. The molecule has 2 aliphatic rings. The molecule has 1 fully saturated rings. The number of nitrogens with one attached hydrogen (secondary N) is 1. The maximum absolute atomic E-state index is 14.0. The number of aromatic nitrogens is 2. The Balaban J connectivity index is 1.68. The van der Waals surface area contributed by atoms with E-state index in [-0.39, 0.29) is 34.1 Å². The van der Waals surface area contributed by atoms with E-state index in [1.54, 1.807) is 18.2 Å². The molecule has 1 aromatic heterocycles. The molecule has 9 nitrogen and oxygen atoms in total. The van der Waals surface area contributed by atoms with Crippen molar-refractivity contribution >= 4 is 21.9 Å². The van der Waals surface area contributed by atoms with E-state index in [9.17, 15) is 13.2 Å². The van der Waals surface area contributed by atoms with Crippen molar-refractivity contribution in [3.63, 3.8) is 0 Å². The number of sulfonamides is 1. The second kappa shape index (κ2) is 10.5. The van der Waals surface area contributed by atoms with Crippen LogP contribution in [-0.4, -0.2) is 72.9 Å². The highest BCUT2D eigenvalue weighted by Gasteiger charge is 2.36. The smallest absolute Gasteiger partial charge is 0.264 e. The topological polar surface area (TPSA) is 105 Å². The molecule has 3 heterocycles. The largest absolute Gasteiger partial charge is 0.471 e. The Morgan fingerprint density at radius 2 is 1.70 bits per heavy atom. The lowest BCUT2D eigenvalue weighted by molar-refractivity contribution is 0.0558. The van der Waals surface area contributed by atoms with Gasteiger partial charge in [-0.05, 0) is 62.1 Å². The Hall–Kier alpha value is -3.50. The van der Waals surface area contributed by atoms with Crippen molar-refractivity contribution in [1.82, 2.24) is 19.8 Å². The molecule has 0 aliphatic carbocycles. The fourth-order valence-electron chi connectivity index (χ4n) is 5.70. The molecule has 2 aliphatic heterocycles. The van der Waals surface area contributed by atoms with Gasteiger partial charge in [-0.25, -0.2) is 18.1 Å². The van der Waals surface area contributed by atoms with E-state index in [1.165, 1.54) is 12.1 Å². The molecule has 1 N–H and O–H groups in total. The fraction of sp³-hybridized carbons (Fsp3) is 0.433. The monoisotopic (exact) mass is 563 g/mol. The van der Waals surface area contributed by atoms with Crippen molar-refractivity contribution in [2.75, 3.05) is 31.4 Å². The number of anilines is 1. The average molecular weight is 564 g/mol. The normalized spacial score (nSPS) is 21.2. The summed E-state index contributed by atoms with van der Waals surface area (Å²) < 4.78 is 35.9. The van der Waals surface area contributed by atoms with Gasteiger partial charge in [0.2, 0.25) is 11.8 Å². The van der Waals surface area contributed by atoms with Gasteiger partial charge in [-0.3, -0.25) is 4.79 Å². The number of carbonyl (C=O) groups is 1. The lowest BCUT2D eigenvalue weighted by Gasteiger charge is -2.35. The van der Waals surface area contributed by atoms with Crippen molar-refractivity contribution in [3.05, 3.63) is 65.2 Å². The molecule has 0 radical (unpaired) electrons. The van der Waals surface area contributed by atoms with Gasteiger partial charge in [0.05, 0.1) is 17.1 Å². The number of ether oxygens (including phenoxy) is 1. The molecule has 0 spiro atoms. The average Bonchev–Trinajstić information content (AvgIpc) is 2.99. The molecule has 5 rings (SSSR count). The Labute approximate surface area is 236 Å². The quantitative estimate of drug-likeness (QED) is 0.489. The second-order valence-corrected chi connectivity index (χ2v) is 13.8. The highest BCUT2D eigenvalue weighted by Crippen LogP contribution is 2.32. The molecule has 10 heteroatoms. The third kappa shape index (κ3) is 5.97. The van der Waals surface area contributed by atoms with Gasteiger partial charge in [0.15, 0.2) is 0 Å². The summed E-state index contributed by atoms with van der Waals surface area (Å²) in [5.41, 5.74) is 3.74. The van der Waals surface area contributed by atoms with Crippen LogP contribution in [0.15, 0.2) is 53.4 Å². The number of hydrogen-bond acceptors (Lipinski definition) is 7. The minimum atomic E-state index is -4.09. The first-order valence-electron chi connectivity index (χ1n) is 13.5. The zero-order valence-electron chi connectivity index (χ0n) is 23.9. The summed E-state index contributed by atoms with van der Waals surface area (Å²) in [7, 11) is -2.06. The molecule has 40 heavy (non-hydrogen) atoms. The first kappa shape index (κ1) is 28.0. The summed E-state index contributed by atoms with van der Waals surface area (Å²) in [6.45, 7) is 12.0. The minimum Gasteiger partial charge on any atom is -0.471 e. The van der Waals surface area contributed by atoms with Crippen molar-refractivity contribution in [1.29, 1.82) is 0 Å². The summed E-state index contributed by atoms with van der Waals surface area (Å²) in [6, 6.07) is 13.8. The molecule has 2 atom stereocenters. The Kier molecular flexibility index (Phi) is 7.35. The summed E-state index contributed by atoms with van der Waals surface area (Å²) in [4.78, 5) is 27.1. The highest BCUT2D eigenvalue weighted by atomic mass is 32.2. The first-order valence-corrected chi connectivity index (χ1v) is 15.0. The predicted molar refractivity (Wildman–Crippen MR) is 155 cm³/mol. The van der Waals surface area contributed by atoms with Crippen LogP contribution >= 0.6 is 0 Å². The molecule has 1 saturated heterocycles. The number of likely N-dealkylation sites (N-methyl/N-ethyl adjacent to an activating group) is 1. The molecule has 0 unspecified atom stereocenters. The summed E-state index contributed by atoms with van der Waals surface area (Å²) in [5, 5.41) is 0. The van der Waals surface area contributed by atoms with Crippen LogP contribution in [0.3, 0.4) is 0 Å². The van der Waals surface area contributed by atoms with Crippen molar-refractivity contribution in [3.8, 4) is 17.1 Å². The van der Waals surface area contributed by atoms with E-state index in [4.69, 9.17) is 4.74 Å². The predicted octanol–water partition coefficient (Wildman–Crippen LogP) is 4.51. The third-order valence-electron chi connectivity index (χ3n) is 7.33. The van der Waals surface area contributed by atoms with Crippen LogP contribution in [0.2, 0.25) is 0 Å². The Morgan fingerprint density at radius 3 is 2.40 bits per heavy atom. The van der Waals surface area contributed by atoms with Crippen LogP contribution < -0.4 is 9.46 Å². The van der Waals surface area contributed by atoms with Gasteiger partial charge in [0.1, 0.15) is 6.10 Å². The van der Waals surface area contributed by atoms with Crippen LogP contribution in [0.5, 0.6) is 5.88 Å². The maximum atomic E-state index is 14.0. The van der Waals surface area contributed by atoms with Gasteiger partial charge in [-0.2, -0.15) is 4.98 Å². The van der Waals surface area contributed by atoms with Crippen LogP contribution in [0.25, 0.3) is 11.3 Å². The number of amides is 1. The lowest BCUT2D eigenvalue weighted by atomic mass is 9.87. The van der Waals surface area contributed by atoms with Crippen molar-refractivity contribution in [2.24, 2.45) is 5.41 Å². The third-order valence-corrected chi connectivity index (χ3v) is 8.66. The van der Waals surface area contributed by atoms with E-state index in [1.807, 2.05) is 44.0 Å². The van der Waals surface area contributed by atoms with Gasteiger partial charge in [0.25, 0.3) is 15.9 Å². The van der Waals surface area contributed by atoms with E-state index in [0.717, 1.165) is 23.1 Å². The second-order valence-electron chi connectivity index (χ2n) is 12.2. The number of nitrogens with zero attached hydrogens (tertiary/aromatic N) is 4. The van der Waals surface area contributed by atoms with E-state index >= 15 is 0 Å². The highest BCUT2D eigenvalue weighted by molar-refractivity contribution is 7.92. The van der Waals surface area contributed by atoms with Gasteiger partial charge in [-0.1, -0.05) is 45.0 Å². The van der Waals surface area contributed by atoms with Gasteiger partial charge < -0.3 is 14.5 Å². The van der Waals surface area contributed by atoms with Gasteiger partial charge in [0, 0.05) is 36.3 Å². The SMILES string of the molecule is Cc1cccc(C)c1-c1cc2nc(n1)NS(=O)(=O)c1cccc(c1)C(=O)N1C[C@@H](CN(C)C[C@@H]1CC(C)(C)C)O2. The minimum absolute atomic E-state index is 0.0232. The number of aryl methyl sites for hydroxylation is 2. The zero-order chi connectivity index (χ0) is 28.8. The molecule has 2 aromatic carbocycles.